The summed E-state index contributed by atoms with van der Waals surface area (Å²) < 4.78 is 6.83. The van der Waals surface area contributed by atoms with Gasteiger partial charge in [0.25, 0.3) is 0 Å². The zero-order valence-corrected chi connectivity index (χ0v) is 13.5. The maximum absolute atomic E-state index is 12.5. The Balaban J connectivity index is 1.53. The standard InChI is InChI=1S/C17H15BN4O3/c1-11-13-6-5-12(8-14(13)18(24)25-11)9-16(23)15-10-22(21-20-15)17-4-2-3-7-19-17/h2-8,10-11,24H,9H2,1H3. The van der Waals surface area contributed by atoms with Crippen molar-refractivity contribution in [2.75, 3.05) is 0 Å². The van der Waals surface area contributed by atoms with Crippen molar-refractivity contribution in [3.05, 3.63) is 65.6 Å². The van der Waals surface area contributed by atoms with Crippen LogP contribution in [0, 0.1) is 0 Å². The predicted octanol–water partition coefficient (Wildman–Crippen LogP) is 0.866. The molecule has 7 nitrogen and oxygen atoms in total. The van der Waals surface area contributed by atoms with Crippen LogP contribution in [0.2, 0.25) is 0 Å². The molecule has 8 heteroatoms. The molecule has 0 spiro atoms. The molecule has 0 amide bonds. The van der Waals surface area contributed by atoms with E-state index < -0.39 is 7.12 Å². The molecule has 0 fully saturated rings. The Hall–Kier alpha value is -2.84. The lowest BCUT2D eigenvalue weighted by atomic mass is 9.78. The van der Waals surface area contributed by atoms with Gasteiger partial charge < -0.3 is 9.68 Å². The van der Waals surface area contributed by atoms with E-state index in [0.717, 1.165) is 16.6 Å². The van der Waals surface area contributed by atoms with Crippen LogP contribution in [0.4, 0.5) is 0 Å². The third kappa shape index (κ3) is 2.97. The number of benzene rings is 1. The van der Waals surface area contributed by atoms with E-state index in [-0.39, 0.29) is 24.0 Å². The first-order valence-electron chi connectivity index (χ1n) is 7.95. The first-order chi connectivity index (χ1) is 12.1. The summed E-state index contributed by atoms with van der Waals surface area (Å²) in [4.78, 5) is 16.6. The average molecular weight is 334 g/mol. The number of carbonyl (C=O) groups is 1. The Kier molecular flexibility index (Phi) is 3.91. The number of ketones is 1. The molecule has 4 rings (SSSR count). The second-order valence-electron chi connectivity index (χ2n) is 5.93. The third-order valence-electron chi connectivity index (χ3n) is 4.22. The van der Waals surface area contributed by atoms with Crippen LogP contribution in [0.5, 0.6) is 0 Å². The second kappa shape index (κ2) is 6.23. The monoisotopic (exact) mass is 334 g/mol. The Bertz CT molecular complexity index is 929. The molecule has 3 heterocycles. The maximum atomic E-state index is 12.5. The summed E-state index contributed by atoms with van der Waals surface area (Å²) >= 11 is 0. The molecule has 3 aromatic rings. The summed E-state index contributed by atoms with van der Waals surface area (Å²) in [6, 6.07) is 11.0. The molecule has 2 aromatic heterocycles. The zero-order valence-electron chi connectivity index (χ0n) is 13.5. The van der Waals surface area contributed by atoms with Crippen LogP contribution in [0.25, 0.3) is 5.82 Å². The van der Waals surface area contributed by atoms with Crippen molar-refractivity contribution >= 4 is 18.4 Å². The number of fused-ring (bicyclic) bond motifs is 1. The van der Waals surface area contributed by atoms with E-state index in [2.05, 4.69) is 15.3 Å². The Labute approximate surface area is 144 Å². The van der Waals surface area contributed by atoms with Gasteiger partial charge in [-0.15, -0.1) is 5.10 Å². The van der Waals surface area contributed by atoms with Crippen molar-refractivity contribution in [3.63, 3.8) is 0 Å². The van der Waals surface area contributed by atoms with Crippen molar-refractivity contribution < 1.29 is 14.5 Å². The van der Waals surface area contributed by atoms with E-state index in [1.54, 1.807) is 24.5 Å². The van der Waals surface area contributed by atoms with Gasteiger partial charge >= 0.3 is 7.12 Å². The lowest BCUT2D eigenvalue weighted by Crippen LogP contribution is -2.28. The highest BCUT2D eigenvalue weighted by atomic mass is 16.5. The Morgan fingerprint density at radius 3 is 3.04 bits per heavy atom. The lowest BCUT2D eigenvalue weighted by Gasteiger charge is -2.05. The fourth-order valence-corrected chi connectivity index (χ4v) is 2.93. The van der Waals surface area contributed by atoms with E-state index >= 15 is 0 Å². The predicted molar refractivity (Wildman–Crippen MR) is 90.7 cm³/mol. The number of hydrogen-bond acceptors (Lipinski definition) is 6. The van der Waals surface area contributed by atoms with Crippen LogP contribution in [-0.4, -0.2) is 37.9 Å². The van der Waals surface area contributed by atoms with Gasteiger partial charge in [-0.1, -0.05) is 29.5 Å². The number of hydrogen-bond donors (Lipinski definition) is 1. The molecule has 0 radical (unpaired) electrons. The molecule has 1 aliphatic heterocycles. The molecule has 1 atom stereocenters. The summed E-state index contributed by atoms with van der Waals surface area (Å²) in [6.07, 6.45) is 3.25. The van der Waals surface area contributed by atoms with Crippen molar-refractivity contribution in [3.8, 4) is 5.82 Å². The van der Waals surface area contributed by atoms with E-state index in [1.165, 1.54) is 4.68 Å². The smallest absolute Gasteiger partial charge is 0.423 e. The molecular formula is C17H15BN4O3. The van der Waals surface area contributed by atoms with Gasteiger partial charge in [0.2, 0.25) is 0 Å². The van der Waals surface area contributed by atoms with Gasteiger partial charge in [0, 0.05) is 12.6 Å². The third-order valence-corrected chi connectivity index (χ3v) is 4.22. The Morgan fingerprint density at radius 1 is 1.36 bits per heavy atom. The topological polar surface area (TPSA) is 90.1 Å². The van der Waals surface area contributed by atoms with Gasteiger partial charge in [0.05, 0.1) is 12.3 Å². The van der Waals surface area contributed by atoms with Gasteiger partial charge in [0.15, 0.2) is 11.6 Å². The molecule has 1 aliphatic rings. The summed E-state index contributed by atoms with van der Waals surface area (Å²) in [5.41, 5.74) is 2.74. The van der Waals surface area contributed by atoms with E-state index in [1.807, 2.05) is 31.2 Å². The largest absolute Gasteiger partial charge is 0.491 e. The van der Waals surface area contributed by atoms with Gasteiger partial charge in [-0.2, -0.15) is 0 Å². The highest BCUT2D eigenvalue weighted by Crippen LogP contribution is 2.23. The molecule has 1 aromatic carbocycles. The number of pyridine rings is 1. The van der Waals surface area contributed by atoms with E-state index in [9.17, 15) is 9.82 Å². The first-order valence-corrected chi connectivity index (χ1v) is 7.95. The highest BCUT2D eigenvalue weighted by Gasteiger charge is 2.32. The normalized spacial score (nSPS) is 16.1. The first kappa shape index (κ1) is 15.7. The van der Waals surface area contributed by atoms with Gasteiger partial charge in [0.1, 0.15) is 5.69 Å². The van der Waals surface area contributed by atoms with Gasteiger partial charge in [-0.05, 0) is 35.6 Å². The van der Waals surface area contributed by atoms with E-state index in [0.29, 0.717) is 5.82 Å². The van der Waals surface area contributed by atoms with Gasteiger partial charge in [-0.25, -0.2) is 9.67 Å². The minimum absolute atomic E-state index is 0.145. The van der Waals surface area contributed by atoms with E-state index in [4.69, 9.17) is 4.65 Å². The molecule has 25 heavy (non-hydrogen) atoms. The van der Waals surface area contributed by atoms with Crippen molar-refractivity contribution in [1.82, 2.24) is 20.0 Å². The molecular weight excluding hydrogens is 319 g/mol. The molecule has 0 aliphatic carbocycles. The van der Waals surface area contributed by atoms with Crippen LogP contribution in [0.15, 0.2) is 48.8 Å². The summed E-state index contributed by atoms with van der Waals surface area (Å²) in [6.45, 7) is 1.88. The highest BCUT2D eigenvalue weighted by molar-refractivity contribution is 6.61. The van der Waals surface area contributed by atoms with Crippen LogP contribution in [-0.2, 0) is 11.1 Å². The number of carbonyl (C=O) groups excluding carboxylic acids is 1. The summed E-state index contributed by atoms with van der Waals surface area (Å²) in [5.74, 6) is 0.449. The number of aromatic nitrogens is 4. The van der Waals surface area contributed by atoms with Gasteiger partial charge in [-0.3, -0.25) is 4.79 Å². The van der Waals surface area contributed by atoms with Crippen LogP contribution in [0.3, 0.4) is 0 Å². The number of nitrogens with zero attached hydrogens (tertiary/aromatic N) is 4. The fraction of sp³-hybridized carbons (Fsp3) is 0.176. The zero-order chi connectivity index (χ0) is 17.4. The quantitative estimate of drug-likeness (QED) is 0.562. The molecule has 0 bridgehead atoms. The number of rotatable bonds is 4. The Morgan fingerprint density at radius 2 is 2.24 bits per heavy atom. The molecule has 0 saturated carbocycles. The average Bonchev–Trinajstić information content (AvgIpc) is 3.22. The van der Waals surface area contributed by atoms with Crippen LogP contribution < -0.4 is 5.46 Å². The van der Waals surface area contributed by atoms with Crippen molar-refractivity contribution in [2.24, 2.45) is 0 Å². The second-order valence-corrected chi connectivity index (χ2v) is 5.93. The summed E-state index contributed by atoms with van der Waals surface area (Å²) in [7, 11) is -0.940. The summed E-state index contributed by atoms with van der Waals surface area (Å²) in [5, 5.41) is 17.8. The lowest BCUT2D eigenvalue weighted by molar-refractivity contribution is 0.0988. The molecule has 1 N–H and O–H groups in total. The van der Waals surface area contributed by atoms with Crippen molar-refractivity contribution in [2.45, 2.75) is 19.4 Å². The molecule has 124 valence electrons. The van der Waals surface area contributed by atoms with Crippen LogP contribution in [0.1, 0.15) is 34.6 Å². The molecule has 0 saturated heterocycles. The minimum Gasteiger partial charge on any atom is -0.423 e. The number of Topliss-reactive ketones (excluding diaryl/α,β-unsaturated/α-hetero) is 1. The minimum atomic E-state index is -0.940. The fourth-order valence-electron chi connectivity index (χ4n) is 2.93. The SMILES string of the molecule is CC1OB(O)c2cc(CC(=O)c3cn(-c4ccccn4)nn3)ccc21. The van der Waals surface area contributed by atoms with Crippen molar-refractivity contribution in [1.29, 1.82) is 0 Å². The maximum Gasteiger partial charge on any atom is 0.491 e. The van der Waals surface area contributed by atoms with Crippen LogP contribution >= 0.6 is 0 Å². The molecule has 1 unspecified atom stereocenters.